The number of fused-ring (bicyclic) bond motifs is 4. The Bertz CT molecular complexity index is 2420. The number of nitrogens with one attached hydrogen (secondary N) is 2. The maximum atomic E-state index is 14.1. The Morgan fingerprint density at radius 1 is 0.934 bits per heavy atom. The minimum Gasteiger partial charge on any atom is -0.455 e. The van der Waals surface area contributed by atoms with Gasteiger partial charge in [0.15, 0.2) is 40.4 Å². The van der Waals surface area contributed by atoms with Crippen LogP contribution in [0.3, 0.4) is 0 Å². The number of unbranched alkanes of at least 4 members (excludes halogenated alkanes) is 10. The second-order valence-electron chi connectivity index (χ2n) is 15.2. The number of aromatic amines is 2. The van der Waals surface area contributed by atoms with E-state index < -0.39 is 92.9 Å². The Labute approximate surface area is 358 Å². The van der Waals surface area contributed by atoms with Gasteiger partial charge in [0.25, 0.3) is 11.1 Å². The minimum atomic E-state index is -4.57. The summed E-state index contributed by atoms with van der Waals surface area (Å²) in [7, 11) is 0. The van der Waals surface area contributed by atoms with Crippen LogP contribution in [0.15, 0.2) is 22.2 Å². The largest absolute Gasteiger partial charge is 0.455 e. The van der Waals surface area contributed by atoms with E-state index in [9.17, 15) is 28.9 Å². The number of nitrogen functional groups attached to an aromatic ring is 2. The molecule has 23 nitrogen and oxygen atoms in total. The molecule has 0 bridgehead atoms. The van der Waals surface area contributed by atoms with Crippen LogP contribution in [0.5, 0.6) is 0 Å². The fraction of sp³-hybridized carbons (Fsp3) is 0.676. The van der Waals surface area contributed by atoms with Crippen molar-refractivity contribution < 1.29 is 51.7 Å². The lowest BCUT2D eigenvalue weighted by Gasteiger charge is -2.44. The first-order valence-electron chi connectivity index (χ1n) is 20.0. The number of carbonyl (C=O) groups excluding carboxylic acids is 1. The van der Waals surface area contributed by atoms with Gasteiger partial charge < -0.3 is 40.2 Å². The van der Waals surface area contributed by atoms with Gasteiger partial charge in [0.05, 0.1) is 32.5 Å². The van der Waals surface area contributed by atoms with Gasteiger partial charge in [-0.25, -0.2) is 14.5 Å². The van der Waals surface area contributed by atoms with Crippen LogP contribution in [-0.2, 0) is 59.2 Å². The fourth-order valence-electron chi connectivity index (χ4n) is 7.73. The summed E-state index contributed by atoms with van der Waals surface area (Å²) in [5, 5.41) is 12.2. The van der Waals surface area contributed by atoms with E-state index in [0.717, 1.165) is 36.6 Å². The van der Waals surface area contributed by atoms with E-state index in [1.165, 1.54) is 49.4 Å². The van der Waals surface area contributed by atoms with E-state index in [1.807, 2.05) is 0 Å². The number of aromatic nitrogens is 8. The van der Waals surface area contributed by atoms with Crippen molar-refractivity contribution >= 4 is 77.8 Å². The van der Waals surface area contributed by atoms with E-state index in [1.54, 1.807) is 0 Å². The van der Waals surface area contributed by atoms with Crippen molar-refractivity contribution in [3.8, 4) is 0 Å². The molecule has 27 heteroatoms. The summed E-state index contributed by atoms with van der Waals surface area (Å²) in [6.45, 7) is -8.50. The summed E-state index contributed by atoms with van der Waals surface area (Å²) in [6.07, 6.45) is 5.24. The third kappa shape index (κ3) is 10.4. The van der Waals surface area contributed by atoms with E-state index in [0.29, 0.717) is 6.42 Å². The number of esters is 1. The number of H-pyrrole nitrogens is 2. The molecule has 61 heavy (non-hydrogen) atoms. The average Bonchev–Trinajstić information content (AvgIpc) is 3.90. The number of ether oxygens (including phenoxy) is 3. The number of carbonyl (C=O) groups is 1. The lowest BCUT2D eigenvalue weighted by molar-refractivity contribution is -0.232. The molecular weight excluding hydrogens is 883 g/mol. The third-order valence-corrected chi connectivity index (χ3v) is 13.8. The van der Waals surface area contributed by atoms with Crippen molar-refractivity contribution in [2.45, 2.75) is 126 Å². The smallest absolute Gasteiger partial charge is 0.386 e. The second-order valence-corrected chi connectivity index (χ2v) is 20.8. The number of imidazole rings is 2. The lowest BCUT2D eigenvalue weighted by Crippen LogP contribution is -2.60. The Kier molecular flexibility index (Phi) is 14.4. The maximum Gasteiger partial charge on any atom is 0.386 e. The number of hydrogen-bond donors (Lipinski definition) is 7. The predicted octanol–water partition coefficient (Wildman–Crippen LogP) is 3.04. The van der Waals surface area contributed by atoms with E-state index >= 15 is 0 Å². The van der Waals surface area contributed by atoms with Crippen molar-refractivity contribution in [2.75, 3.05) is 31.3 Å². The van der Waals surface area contributed by atoms with Crippen LogP contribution < -0.4 is 22.6 Å². The van der Waals surface area contributed by atoms with Crippen LogP contribution in [0.25, 0.3) is 22.3 Å². The molecular formula is C34H50N10O13P2S2. The summed E-state index contributed by atoms with van der Waals surface area (Å²) >= 11 is 9.71. The second kappa shape index (κ2) is 19.2. The molecule has 4 aromatic rings. The van der Waals surface area contributed by atoms with Gasteiger partial charge in [0.2, 0.25) is 11.9 Å². The molecule has 7 unspecified atom stereocenters. The van der Waals surface area contributed by atoms with Gasteiger partial charge >= 0.3 is 19.5 Å². The monoisotopic (exact) mass is 932 g/mol. The van der Waals surface area contributed by atoms with Crippen molar-refractivity contribution in [1.29, 1.82) is 0 Å². The highest BCUT2D eigenvalue weighted by molar-refractivity contribution is 8.44. The highest BCUT2D eigenvalue weighted by Gasteiger charge is 2.57. The molecule has 3 aliphatic heterocycles. The molecule has 0 aliphatic carbocycles. The number of nitrogens with two attached hydrogens (primary N) is 2. The number of anilines is 2. The van der Waals surface area contributed by atoms with Gasteiger partial charge in [0.1, 0.15) is 24.4 Å². The van der Waals surface area contributed by atoms with Gasteiger partial charge in [-0.1, -0.05) is 83.4 Å². The highest BCUT2D eigenvalue weighted by Crippen LogP contribution is 2.60. The van der Waals surface area contributed by atoms with Gasteiger partial charge in [-0.15, -0.1) is 0 Å². The van der Waals surface area contributed by atoms with Crippen molar-refractivity contribution in [2.24, 2.45) is 0 Å². The van der Waals surface area contributed by atoms with Crippen molar-refractivity contribution in [3.05, 3.63) is 33.4 Å². The number of thiol groups is 1. The van der Waals surface area contributed by atoms with Crippen LogP contribution in [0.1, 0.15) is 90.2 Å². The minimum absolute atomic E-state index is 0.0299. The molecule has 9 atom stereocenters. The first-order chi connectivity index (χ1) is 29.1. The summed E-state index contributed by atoms with van der Waals surface area (Å²) in [5.41, 5.74) is 7.33. The van der Waals surface area contributed by atoms with Gasteiger partial charge in [-0.05, 0) is 18.2 Å². The molecule has 0 saturated carbocycles. The van der Waals surface area contributed by atoms with Crippen LogP contribution in [0, 0.1) is 0 Å². The molecule has 8 N–H and O–H groups in total. The normalized spacial score (nSPS) is 30.8. The van der Waals surface area contributed by atoms with Crippen molar-refractivity contribution in [3.63, 3.8) is 0 Å². The molecule has 0 aromatic carbocycles. The van der Waals surface area contributed by atoms with Crippen LogP contribution in [0.4, 0.5) is 11.9 Å². The Hall–Kier alpha value is -3.32. The van der Waals surface area contributed by atoms with Crippen molar-refractivity contribution in [1.82, 2.24) is 39.0 Å². The summed E-state index contributed by atoms with van der Waals surface area (Å²) in [6, 6.07) is 0. The third-order valence-electron chi connectivity index (χ3n) is 10.7. The average molecular weight is 933 g/mol. The molecule has 3 saturated heterocycles. The van der Waals surface area contributed by atoms with Gasteiger partial charge in [-0.2, -0.15) is 9.97 Å². The highest BCUT2D eigenvalue weighted by atomic mass is 32.7. The lowest BCUT2D eigenvalue weighted by atomic mass is 9.99. The number of aliphatic hydroxyl groups is 1. The molecule has 0 spiro atoms. The number of rotatable bonds is 15. The van der Waals surface area contributed by atoms with Gasteiger partial charge in [-0.3, -0.25) is 47.1 Å². The number of hydrogen-bond acceptors (Lipinski definition) is 19. The van der Waals surface area contributed by atoms with Crippen LogP contribution in [-0.4, -0.2) is 105 Å². The first-order valence-corrected chi connectivity index (χ1v) is 25.3. The first kappa shape index (κ1) is 45.7. The van der Waals surface area contributed by atoms with Crippen LogP contribution in [0.2, 0.25) is 0 Å². The molecule has 7 heterocycles. The van der Waals surface area contributed by atoms with Gasteiger partial charge in [0, 0.05) is 6.42 Å². The SMILES string of the molecule is CCCCCCCCCCCCCC(=O)OC1C2OP(O)(=S)OC3COCC(O)(n4cnc5c(=O)[nH]c(N)nc54)C3OP(=O)(S)OC[C@H]2O[C@@H]1n1cnc2c(=O)[nH]c(N)nc21. The topological polar surface area (TPSA) is 318 Å². The predicted molar refractivity (Wildman–Crippen MR) is 225 cm³/mol. The van der Waals surface area contributed by atoms with E-state index in [-0.39, 0.29) is 40.6 Å². The molecule has 336 valence electrons. The molecule has 4 aromatic heterocycles. The molecule has 3 fully saturated rings. The summed E-state index contributed by atoms with van der Waals surface area (Å²) in [4.78, 5) is 71.8. The number of nitrogens with zero attached hydrogens (tertiary/aromatic N) is 6. The van der Waals surface area contributed by atoms with E-state index in [4.69, 9.17) is 55.6 Å². The summed E-state index contributed by atoms with van der Waals surface area (Å²) in [5.74, 6) is -1.17. The molecule has 3 aliphatic rings. The zero-order valence-corrected chi connectivity index (χ0v) is 36.7. The Morgan fingerprint density at radius 2 is 1.54 bits per heavy atom. The maximum absolute atomic E-state index is 14.1. The Balaban J connectivity index is 1.14. The molecule has 7 rings (SSSR count). The zero-order chi connectivity index (χ0) is 43.5. The van der Waals surface area contributed by atoms with E-state index in [2.05, 4.69) is 49.1 Å². The standard InChI is InChI=1S/C34H50N10O13P2S2/c1-2-3-4-5-6-7-8-9-10-11-12-13-21(45)54-25-24-19(53-31(25)43-17-37-22-27(43)39-32(35)41-29(22)46)15-52-58(49,60)57-26-20(55-59(50,61)56-24)14-51-16-34(26,48)44-18-38-23-28(44)40-33(36)42-30(23)47/h17-20,24-26,31,48H,2-16H2,1H3,(H,49,60)(H,50,61)(H3,35,39,41,46)(H3,36,40,42,47)/t19-,20?,24?,25?,26?,31+,34?,58?,59?/m1/s1. The van der Waals surface area contributed by atoms with Crippen LogP contribution >= 0.6 is 25.8 Å². The molecule has 0 radical (unpaired) electrons. The Morgan fingerprint density at radius 3 is 2.21 bits per heavy atom. The molecule has 0 amide bonds. The summed E-state index contributed by atoms with van der Waals surface area (Å²) < 4.78 is 58.1. The quantitative estimate of drug-likeness (QED) is 0.0390. The fourth-order valence-corrected chi connectivity index (χ4v) is 11.0. The zero-order valence-electron chi connectivity index (χ0n) is 33.2.